The van der Waals surface area contributed by atoms with Crippen LogP contribution < -0.4 is 0 Å². The molecule has 0 amide bonds. The van der Waals surface area contributed by atoms with Gasteiger partial charge in [-0.15, -0.1) is 5.10 Å². The molecule has 88 valence electrons. The first-order valence-corrected chi connectivity index (χ1v) is 6.00. The molecule has 1 aliphatic rings. The second kappa shape index (κ2) is 3.89. The zero-order valence-corrected chi connectivity index (χ0v) is 10.3. The number of fused-ring (bicyclic) bond motifs is 1. The summed E-state index contributed by atoms with van der Waals surface area (Å²) in [5.41, 5.74) is 0.918. The third-order valence-electron chi connectivity index (χ3n) is 2.93. The van der Waals surface area contributed by atoms with E-state index in [2.05, 4.69) is 26.0 Å². The summed E-state index contributed by atoms with van der Waals surface area (Å²) in [7, 11) is 0. The van der Waals surface area contributed by atoms with Crippen molar-refractivity contribution in [2.45, 2.75) is 18.6 Å². The Kier molecular flexibility index (Phi) is 2.48. The van der Waals surface area contributed by atoms with E-state index < -0.39 is 6.10 Å². The smallest absolute Gasteiger partial charge is 0.217 e. The molecular formula is C11H9BrFN3O. The van der Waals surface area contributed by atoms with Crippen molar-refractivity contribution in [2.75, 3.05) is 0 Å². The first-order valence-electron chi connectivity index (χ1n) is 5.20. The van der Waals surface area contributed by atoms with Crippen molar-refractivity contribution in [3.63, 3.8) is 0 Å². The highest BCUT2D eigenvalue weighted by molar-refractivity contribution is 9.10. The van der Waals surface area contributed by atoms with Gasteiger partial charge in [0, 0.05) is 6.42 Å². The van der Waals surface area contributed by atoms with Gasteiger partial charge in [-0.3, -0.25) is 0 Å². The Morgan fingerprint density at radius 3 is 2.76 bits per heavy atom. The maximum Gasteiger partial charge on any atom is 0.217 e. The Balaban J connectivity index is 2.03. The van der Waals surface area contributed by atoms with Gasteiger partial charge in [0.15, 0.2) is 5.82 Å². The highest BCUT2D eigenvalue weighted by Crippen LogP contribution is 2.37. The summed E-state index contributed by atoms with van der Waals surface area (Å²) in [5, 5.41) is 14.1. The van der Waals surface area contributed by atoms with E-state index in [4.69, 9.17) is 0 Å². The number of halogens is 2. The van der Waals surface area contributed by atoms with Gasteiger partial charge in [0.2, 0.25) is 4.73 Å². The monoisotopic (exact) mass is 297 g/mol. The molecule has 0 saturated carbocycles. The van der Waals surface area contributed by atoms with E-state index in [1.807, 2.05) is 0 Å². The first-order chi connectivity index (χ1) is 8.15. The largest absolute Gasteiger partial charge is 0.385 e. The van der Waals surface area contributed by atoms with E-state index in [9.17, 15) is 9.50 Å². The summed E-state index contributed by atoms with van der Waals surface area (Å²) >= 11 is 3.18. The molecule has 0 fully saturated rings. The second-order valence-corrected chi connectivity index (χ2v) is 4.71. The van der Waals surface area contributed by atoms with Crippen molar-refractivity contribution in [3.05, 3.63) is 46.2 Å². The van der Waals surface area contributed by atoms with Gasteiger partial charge in [-0.05, 0) is 33.6 Å². The molecule has 0 spiro atoms. The van der Waals surface area contributed by atoms with Crippen LogP contribution in [0, 0.1) is 5.82 Å². The summed E-state index contributed by atoms with van der Waals surface area (Å²) < 4.78 is 15.0. The molecule has 0 saturated heterocycles. The van der Waals surface area contributed by atoms with E-state index in [1.165, 1.54) is 12.1 Å². The average Bonchev–Trinajstić information content (AvgIpc) is 2.80. The Morgan fingerprint density at radius 1 is 1.35 bits per heavy atom. The van der Waals surface area contributed by atoms with Gasteiger partial charge >= 0.3 is 0 Å². The zero-order chi connectivity index (χ0) is 12.0. The quantitative estimate of drug-likeness (QED) is 0.878. The predicted octanol–water partition coefficient (Wildman–Crippen LogP) is 2.21. The summed E-state index contributed by atoms with van der Waals surface area (Å²) in [4.78, 5) is 4.11. The average molecular weight is 298 g/mol. The minimum atomic E-state index is -0.621. The number of benzene rings is 1. The van der Waals surface area contributed by atoms with Crippen molar-refractivity contribution in [3.8, 4) is 0 Å². The molecule has 3 rings (SSSR count). The SMILES string of the molecule is OC1CC(c2ccc(F)cc2)n2nc(Br)nc21. The molecule has 1 aromatic heterocycles. The Bertz CT molecular complexity index is 554. The van der Waals surface area contributed by atoms with Crippen LogP contribution in [0.25, 0.3) is 0 Å². The Labute approximate surface area is 105 Å². The van der Waals surface area contributed by atoms with Crippen molar-refractivity contribution < 1.29 is 9.50 Å². The molecule has 2 heterocycles. The molecule has 0 aliphatic carbocycles. The lowest BCUT2D eigenvalue weighted by molar-refractivity contribution is 0.172. The fourth-order valence-corrected chi connectivity index (χ4v) is 2.50. The molecule has 2 aromatic rings. The number of aliphatic hydroxyl groups excluding tert-OH is 1. The van der Waals surface area contributed by atoms with Crippen LogP contribution in [-0.2, 0) is 0 Å². The fourth-order valence-electron chi connectivity index (χ4n) is 2.14. The van der Waals surface area contributed by atoms with E-state index in [1.54, 1.807) is 16.8 Å². The molecule has 0 bridgehead atoms. The molecule has 4 nitrogen and oxygen atoms in total. The highest BCUT2D eigenvalue weighted by atomic mass is 79.9. The third-order valence-corrected chi connectivity index (χ3v) is 3.26. The van der Waals surface area contributed by atoms with E-state index in [0.29, 0.717) is 17.0 Å². The lowest BCUT2D eigenvalue weighted by Gasteiger charge is -2.11. The molecule has 6 heteroatoms. The van der Waals surface area contributed by atoms with Gasteiger partial charge in [0.1, 0.15) is 11.9 Å². The van der Waals surface area contributed by atoms with Crippen LogP contribution >= 0.6 is 15.9 Å². The summed E-state index contributed by atoms with van der Waals surface area (Å²) in [6.45, 7) is 0. The molecule has 1 N–H and O–H groups in total. The van der Waals surface area contributed by atoms with Crippen molar-refractivity contribution in [2.24, 2.45) is 0 Å². The second-order valence-electron chi connectivity index (χ2n) is 4.00. The molecule has 2 unspecified atom stereocenters. The van der Waals surface area contributed by atoms with Crippen LogP contribution in [0.15, 0.2) is 29.0 Å². The number of nitrogens with zero attached hydrogens (tertiary/aromatic N) is 3. The van der Waals surface area contributed by atoms with Crippen LogP contribution in [0.1, 0.15) is 30.0 Å². The number of aromatic nitrogens is 3. The van der Waals surface area contributed by atoms with Crippen LogP contribution in [0.5, 0.6) is 0 Å². The van der Waals surface area contributed by atoms with Crippen LogP contribution in [0.4, 0.5) is 4.39 Å². The van der Waals surface area contributed by atoms with E-state index in [-0.39, 0.29) is 11.9 Å². The van der Waals surface area contributed by atoms with Crippen LogP contribution in [-0.4, -0.2) is 19.9 Å². The summed E-state index contributed by atoms with van der Waals surface area (Å²) in [6.07, 6.45) is -0.0994. The normalized spacial score (nSPS) is 22.8. The summed E-state index contributed by atoms with van der Waals surface area (Å²) in [6, 6.07) is 6.14. The zero-order valence-electron chi connectivity index (χ0n) is 8.72. The number of aliphatic hydroxyl groups is 1. The van der Waals surface area contributed by atoms with Gasteiger partial charge in [0.25, 0.3) is 0 Å². The lowest BCUT2D eigenvalue weighted by Crippen LogP contribution is -2.07. The minimum Gasteiger partial charge on any atom is -0.385 e. The maximum atomic E-state index is 12.9. The van der Waals surface area contributed by atoms with Gasteiger partial charge in [0.05, 0.1) is 6.04 Å². The van der Waals surface area contributed by atoms with Gasteiger partial charge in [-0.25, -0.2) is 14.1 Å². The fraction of sp³-hybridized carbons (Fsp3) is 0.273. The maximum absolute atomic E-state index is 12.9. The number of rotatable bonds is 1. The number of hydrogen-bond acceptors (Lipinski definition) is 3. The Morgan fingerprint density at radius 2 is 2.06 bits per heavy atom. The molecule has 1 aromatic carbocycles. The topological polar surface area (TPSA) is 50.9 Å². The standard InChI is InChI=1S/C11H9BrFN3O/c12-11-14-10-9(17)5-8(16(10)15-11)6-1-3-7(13)4-2-6/h1-4,8-9,17H,5H2. The minimum absolute atomic E-state index is 0.0839. The van der Waals surface area contributed by atoms with Crippen LogP contribution in [0.2, 0.25) is 0 Å². The van der Waals surface area contributed by atoms with Gasteiger partial charge < -0.3 is 5.11 Å². The van der Waals surface area contributed by atoms with E-state index in [0.717, 1.165) is 5.56 Å². The molecular weight excluding hydrogens is 289 g/mol. The molecule has 17 heavy (non-hydrogen) atoms. The number of hydrogen-bond donors (Lipinski definition) is 1. The van der Waals surface area contributed by atoms with Crippen molar-refractivity contribution >= 4 is 15.9 Å². The van der Waals surface area contributed by atoms with Crippen molar-refractivity contribution in [1.29, 1.82) is 0 Å². The van der Waals surface area contributed by atoms with Crippen molar-refractivity contribution in [1.82, 2.24) is 14.8 Å². The van der Waals surface area contributed by atoms with E-state index >= 15 is 0 Å². The first kappa shape index (κ1) is 10.9. The molecule has 1 aliphatic heterocycles. The Hall–Kier alpha value is -1.27. The lowest BCUT2D eigenvalue weighted by atomic mass is 10.0. The third kappa shape index (κ3) is 1.77. The highest BCUT2D eigenvalue weighted by Gasteiger charge is 2.33. The van der Waals surface area contributed by atoms with Crippen LogP contribution in [0.3, 0.4) is 0 Å². The molecule has 2 atom stereocenters. The van der Waals surface area contributed by atoms with Gasteiger partial charge in [-0.2, -0.15) is 0 Å². The molecule has 0 radical (unpaired) electrons. The van der Waals surface area contributed by atoms with Gasteiger partial charge in [-0.1, -0.05) is 12.1 Å². The summed E-state index contributed by atoms with van der Waals surface area (Å²) in [5.74, 6) is 0.276. The predicted molar refractivity (Wildman–Crippen MR) is 61.8 cm³/mol.